The van der Waals surface area contributed by atoms with E-state index in [0.717, 1.165) is 66.9 Å². The van der Waals surface area contributed by atoms with Crippen molar-refractivity contribution in [1.82, 2.24) is 4.57 Å². The monoisotopic (exact) mass is 993 g/mol. The topological polar surface area (TPSA) is 11.4 Å². The smallest absolute Gasteiger partial charge is 0.0619 e. The molecule has 0 aliphatic carbocycles. The standard InChI is InChI=1S/C70H47N3S2/c1-3-57-62-29-18-28-59(70(62)75-66(57)4-2)47-31-35-53(36-32-47)72(54-37-40-68-64(45-54)60-27-16-17-30-67(60)74-68)56-42-49(41-55(44-56)71(50-20-8-5-9-21-50)51-22-10-6-11-23-51)48-34-39-65-63(43-48)61-38-33-46-19-14-15-26-58(46)69(61)73(65)52-24-12-7-13-25-52/h3-45H,1-2H2. The second-order valence-electron chi connectivity index (χ2n) is 19.0. The van der Waals surface area contributed by atoms with E-state index >= 15 is 0 Å². The highest BCUT2D eigenvalue weighted by Crippen LogP contribution is 2.47. The predicted molar refractivity (Wildman–Crippen MR) is 327 cm³/mol. The Morgan fingerprint density at radius 1 is 0.360 bits per heavy atom. The Morgan fingerprint density at radius 2 is 0.973 bits per heavy atom. The summed E-state index contributed by atoms with van der Waals surface area (Å²) in [7, 11) is 0. The molecule has 75 heavy (non-hydrogen) atoms. The molecule has 0 aliphatic rings. The summed E-state index contributed by atoms with van der Waals surface area (Å²) in [5, 5.41) is 8.59. The Bertz CT molecular complexity index is 4470. The van der Waals surface area contributed by atoms with Gasteiger partial charge < -0.3 is 14.4 Å². The Morgan fingerprint density at radius 3 is 1.71 bits per heavy atom. The maximum Gasteiger partial charge on any atom is 0.0619 e. The van der Waals surface area contributed by atoms with Crippen LogP contribution >= 0.6 is 22.7 Å². The predicted octanol–water partition coefficient (Wildman–Crippen LogP) is 21.1. The number of rotatable bonds is 11. The first-order chi connectivity index (χ1) is 37.1. The molecule has 3 heterocycles. The summed E-state index contributed by atoms with van der Waals surface area (Å²) in [6, 6.07) is 91.2. The van der Waals surface area contributed by atoms with E-state index in [9.17, 15) is 0 Å². The zero-order chi connectivity index (χ0) is 50.0. The van der Waals surface area contributed by atoms with Crippen LogP contribution in [0.15, 0.2) is 262 Å². The lowest BCUT2D eigenvalue weighted by Gasteiger charge is -2.30. The average Bonchev–Trinajstić information content (AvgIpc) is 4.20. The number of nitrogens with zero attached hydrogens (tertiary/aromatic N) is 3. The fourth-order valence-electron chi connectivity index (χ4n) is 11.3. The van der Waals surface area contributed by atoms with Gasteiger partial charge in [0.25, 0.3) is 0 Å². The molecule has 0 amide bonds. The molecule has 0 aliphatic heterocycles. The normalized spacial score (nSPS) is 11.6. The van der Waals surface area contributed by atoms with Gasteiger partial charge in [0.2, 0.25) is 0 Å². The van der Waals surface area contributed by atoms with Gasteiger partial charge in [0.05, 0.1) is 11.0 Å². The lowest BCUT2D eigenvalue weighted by molar-refractivity contribution is 1.19. The van der Waals surface area contributed by atoms with Crippen LogP contribution in [0.5, 0.6) is 0 Å². The van der Waals surface area contributed by atoms with Gasteiger partial charge in [0, 0.05) is 91.1 Å². The first kappa shape index (κ1) is 44.4. The molecule has 3 nitrogen and oxygen atoms in total. The Kier molecular flexibility index (Phi) is 10.9. The number of aromatic nitrogens is 1. The molecule has 14 rings (SSSR count). The van der Waals surface area contributed by atoms with Crippen LogP contribution in [0.4, 0.5) is 34.1 Å². The number of hydrogen-bond acceptors (Lipinski definition) is 4. The van der Waals surface area contributed by atoms with Gasteiger partial charge in [-0.15, -0.1) is 22.7 Å². The summed E-state index contributed by atoms with van der Waals surface area (Å²) in [6.45, 7) is 8.30. The molecular weight excluding hydrogens is 947 g/mol. The molecular formula is C70H47N3S2. The van der Waals surface area contributed by atoms with Crippen LogP contribution in [-0.4, -0.2) is 4.57 Å². The van der Waals surface area contributed by atoms with E-state index in [0.29, 0.717) is 0 Å². The van der Waals surface area contributed by atoms with E-state index in [4.69, 9.17) is 0 Å². The molecule has 0 saturated heterocycles. The molecule has 0 spiro atoms. The number of thiophene rings is 2. The number of para-hydroxylation sites is 3. The molecule has 11 aromatic carbocycles. The van der Waals surface area contributed by atoms with Crippen LogP contribution in [0, 0.1) is 0 Å². The third-order valence-electron chi connectivity index (χ3n) is 14.7. The van der Waals surface area contributed by atoms with E-state index < -0.39 is 0 Å². The van der Waals surface area contributed by atoms with Crippen molar-refractivity contribution < 1.29 is 0 Å². The third kappa shape index (κ3) is 7.55. The highest BCUT2D eigenvalue weighted by Gasteiger charge is 2.23. The van der Waals surface area contributed by atoms with Crippen molar-refractivity contribution in [2.45, 2.75) is 0 Å². The van der Waals surface area contributed by atoms with Crippen molar-refractivity contribution in [1.29, 1.82) is 0 Å². The fourth-order valence-corrected chi connectivity index (χ4v) is 13.5. The van der Waals surface area contributed by atoms with E-state index in [1.54, 1.807) is 11.3 Å². The third-order valence-corrected chi connectivity index (χ3v) is 17.1. The van der Waals surface area contributed by atoms with Gasteiger partial charge in [-0.05, 0) is 136 Å². The zero-order valence-electron chi connectivity index (χ0n) is 40.9. The molecule has 0 fully saturated rings. The van der Waals surface area contributed by atoms with Crippen molar-refractivity contribution >= 4 is 132 Å². The van der Waals surface area contributed by atoms with Crippen molar-refractivity contribution in [2.75, 3.05) is 9.80 Å². The Labute approximate surface area is 443 Å². The summed E-state index contributed by atoms with van der Waals surface area (Å²) in [6.07, 6.45) is 3.90. The maximum atomic E-state index is 4.16. The molecule has 0 bridgehead atoms. The number of hydrogen-bond donors (Lipinski definition) is 0. The summed E-state index contributed by atoms with van der Waals surface area (Å²) < 4.78 is 6.22. The maximum absolute atomic E-state index is 4.16. The molecule has 3 aromatic heterocycles. The highest BCUT2D eigenvalue weighted by atomic mass is 32.1. The van der Waals surface area contributed by atoms with E-state index in [2.05, 4.69) is 276 Å². The molecule has 354 valence electrons. The Balaban J connectivity index is 1.02. The minimum absolute atomic E-state index is 1.04. The number of anilines is 6. The summed E-state index contributed by atoms with van der Waals surface area (Å²) in [5.74, 6) is 0. The first-order valence-corrected chi connectivity index (χ1v) is 26.9. The molecule has 14 aromatic rings. The van der Waals surface area contributed by atoms with Crippen molar-refractivity contribution in [2.24, 2.45) is 0 Å². The van der Waals surface area contributed by atoms with Gasteiger partial charge in [0.15, 0.2) is 0 Å². The van der Waals surface area contributed by atoms with Crippen molar-refractivity contribution in [3.63, 3.8) is 0 Å². The largest absolute Gasteiger partial charge is 0.310 e. The number of fused-ring (bicyclic) bond motifs is 9. The van der Waals surface area contributed by atoms with Crippen molar-refractivity contribution in [3.8, 4) is 27.9 Å². The van der Waals surface area contributed by atoms with Crippen LogP contribution in [0.2, 0.25) is 0 Å². The van der Waals surface area contributed by atoms with Crippen LogP contribution in [0.3, 0.4) is 0 Å². The first-order valence-electron chi connectivity index (χ1n) is 25.3. The molecule has 0 unspecified atom stereocenters. The van der Waals surface area contributed by atoms with E-state index in [1.807, 2.05) is 23.5 Å². The van der Waals surface area contributed by atoms with Crippen LogP contribution in [-0.2, 0) is 0 Å². The number of benzene rings is 11. The molecule has 5 heteroatoms. The van der Waals surface area contributed by atoms with Gasteiger partial charge in [-0.3, -0.25) is 0 Å². The fraction of sp³-hybridized carbons (Fsp3) is 0. The summed E-state index contributed by atoms with van der Waals surface area (Å²) in [4.78, 5) is 5.96. The molecule has 0 atom stereocenters. The van der Waals surface area contributed by atoms with Gasteiger partial charge in [-0.1, -0.05) is 171 Å². The second-order valence-corrected chi connectivity index (χ2v) is 21.1. The van der Waals surface area contributed by atoms with Gasteiger partial charge in [0.1, 0.15) is 0 Å². The van der Waals surface area contributed by atoms with Crippen LogP contribution < -0.4 is 9.80 Å². The summed E-state index contributed by atoms with van der Waals surface area (Å²) >= 11 is 3.62. The van der Waals surface area contributed by atoms with E-state index in [1.165, 1.54) is 68.4 Å². The quantitative estimate of drug-likeness (QED) is 0.128. The summed E-state index contributed by atoms with van der Waals surface area (Å²) in [5.41, 5.74) is 15.6. The second kappa shape index (κ2) is 18.3. The molecule has 0 saturated carbocycles. The zero-order valence-corrected chi connectivity index (χ0v) is 42.5. The van der Waals surface area contributed by atoms with Gasteiger partial charge in [-0.25, -0.2) is 0 Å². The highest BCUT2D eigenvalue weighted by molar-refractivity contribution is 7.25. The lowest BCUT2D eigenvalue weighted by Crippen LogP contribution is -2.13. The minimum Gasteiger partial charge on any atom is -0.310 e. The van der Waals surface area contributed by atoms with E-state index in [-0.39, 0.29) is 0 Å². The van der Waals surface area contributed by atoms with Crippen molar-refractivity contribution in [3.05, 3.63) is 272 Å². The van der Waals surface area contributed by atoms with Gasteiger partial charge in [-0.2, -0.15) is 0 Å². The minimum atomic E-state index is 1.04. The molecule has 0 radical (unpaired) electrons. The molecule has 0 N–H and O–H groups in total. The average molecular weight is 994 g/mol. The lowest BCUT2D eigenvalue weighted by atomic mass is 9.99. The van der Waals surface area contributed by atoms with Crippen LogP contribution in [0.25, 0.3) is 103 Å². The SMILES string of the molecule is C=Cc1sc2c(-c3ccc(N(c4cc(-c5ccc6c(c5)c5ccc7ccccc7c5n6-c5ccccc5)cc(N(c5ccccc5)c5ccccc5)c4)c4ccc5sc6ccccc6c5c4)cc3)cccc2c1C=C. The van der Waals surface area contributed by atoms with Crippen LogP contribution in [0.1, 0.15) is 10.4 Å². The van der Waals surface area contributed by atoms with Gasteiger partial charge >= 0.3 is 0 Å². The Hall–Kier alpha value is -9.26.